The van der Waals surface area contributed by atoms with Crippen molar-refractivity contribution in [3.05, 3.63) is 53.6 Å². The fraction of sp³-hybridized carbons (Fsp3) is 0.133. The first-order valence-corrected chi connectivity index (χ1v) is 6.08. The van der Waals surface area contributed by atoms with Crippen molar-refractivity contribution in [3.63, 3.8) is 0 Å². The highest BCUT2D eigenvalue weighted by molar-refractivity contribution is 5.72. The van der Waals surface area contributed by atoms with Crippen LogP contribution in [0.15, 0.2) is 42.5 Å². The Morgan fingerprint density at radius 1 is 0.913 bits per heavy atom. The number of ether oxygens (including phenoxy) is 1. The van der Waals surface area contributed by atoms with Crippen molar-refractivity contribution in [2.75, 3.05) is 0 Å². The van der Waals surface area contributed by atoms with Crippen molar-refractivity contribution in [2.24, 2.45) is 0 Å². The Hall–Kier alpha value is -2.69. The lowest BCUT2D eigenvalue weighted by Crippen LogP contribution is -2.17. The zero-order valence-corrected chi connectivity index (χ0v) is 11.2. The number of alkyl halides is 6. The number of hydrogen-bond donors (Lipinski definition) is 0. The highest BCUT2D eigenvalue weighted by Gasteiger charge is 2.32. The molecule has 2 aromatic carbocycles. The molecular formula is C15H7F6NO. The second kappa shape index (κ2) is 5.83. The lowest BCUT2D eigenvalue weighted by Gasteiger charge is -2.13. The maximum Gasteiger partial charge on any atom is 0.573 e. The van der Waals surface area contributed by atoms with E-state index in [2.05, 4.69) is 4.74 Å². The molecule has 0 aliphatic heterocycles. The van der Waals surface area contributed by atoms with E-state index in [0.717, 1.165) is 24.3 Å². The summed E-state index contributed by atoms with van der Waals surface area (Å²) in [4.78, 5) is 0. The van der Waals surface area contributed by atoms with Gasteiger partial charge in [-0.15, -0.1) is 13.2 Å². The maximum atomic E-state index is 12.8. The molecule has 2 aromatic rings. The summed E-state index contributed by atoms with van der Waals surface area (Å²) in [5.74, 6) is -0.587. The molecule has 0 aromatic heterocycles. The van der Waals surface area contributed by atoms with Crippen LogP contribution in [0.4, 0.5) is 26.3 Å². The van der Waals surface area contributed by atoms with Crippen molar-refractivity contribution in [1.29, 1.82) is 5.26 Å². The van der Waals surface area contributed by atoms with Crippen LogP contribution in [0.2, 0.25) is 0 Å². The van der Waals surface area contributed by atoms with E-state index in [1.165, 1.54) is 12.1 Å². The van der Waals surface area contributed by atoms with Gasteiger partial charge in [-0.1, -0.05) is 12.1 Å². The van der Waals surface area contributed by atoms with Gasteiger partial charge in [0.25, 0.3) is 0 Å². The number of halogens is 6. The van der Waals surface area contributed by atoms with Crippen LogP contribution in [0.5, 0.6) is 5.75 Å². The molecule has 0 N–H and O–H groups in total. The molecule has 23 heavy (non-hydrogen) atoms. The van der Waals surface area contributed by atoms with Crippen molar-refractivity contribution < 1.29 is 31.1 Å². The van der Waals surface area contributed by atoms with Crippen molar-refractivity contribution in [1.82, 2.24) is 0 Å². The Morgan fingerprint density at radius 3 is 2.17 bits per heavy atom. The molecule has 0 amide bonds. The van der Waals surface area contributed by atoms with Gasteiger partial charge in [0.1, 0.15) is 5.75 Å². The van der Waals surface area contributed by atoms with E-state index in [9.17, 15) is 26.3 Å². The molecule has 0 heterocycles. The molecule has 0 saturated heterocycles. The second-order valence-electron chi connectivity index (χ2n) is 4.45. The minimum absolute atomic E-state index is 0.00870. The summed E-state index contributed by atoms with van der Waals surface area (Å²) in [7, 11) is 0. The van der Waals surface area contributed by atoms with Gasteiger partial charge in [-0.3, -0.25) is 0 Å². The molecule has 2 rings (SSSR count). The van der Waals surface area contributed by atoms with Crippen LogP contribution in [0.1, 0.15) is 11.1 Å². The molecule has 0 atom stereocenters. The molecule has 120 valence electrons. The van der Waals surface area contributed by atoms with Gasteiger partial charge in [0.15, 0.2) is 0 Å². The summed E-state index contributed by atoms with van der Waals surface area (Å²) >= 11 is 0. The summed E-state index contributed by atoms with van der Waals surface area (Å²) in [6, 6.07) is 8.54. The smallest absolute Gasteiger partial charge is 0.406 e. The number of nitrogens with zero attached hydrogens (tertiary/aromatic N) is 1. The zero-order valence-electron chi connectivity index (χ0n) is 11.2. The Morgan fingerprint density at radius 2 is 1.61 bits per heavy atom. The molecule has 0 unspecified atom stereocenters. The fourth-order valence-electron chi connectivity index (χ4n) is 1.92. The molecular weight excluding hydrogens is 324 g/mol. The van der Waals surface area contributed by atoms with E-state index in [4.69, 9.17) is 5.26 Å². The number of rotatable bonds is 2. The molecule has 2 nitrogen and oxygen atoms in total. The third-order valence-electron chi connectivity index (χ3n) is 2.85. The number of hydrogen-bond acceptors (Lipinski definition) is 2. The predicted octanol–water partition coefficient (Wildman–Crippen LogP) is 5.14. The number of nitriles is 1. The average Bonchev–Trinajstić information content (AvgIpc) is 2.44. The maximum absolute atomic E-state index is 12.8. The van der Waals surface area contributed by atoms with Gasteiger partial charge in [-0.25, -0.2) is 0 Å². The third kappa shape index (κ3) is 4.16. The predicted molar refractivity (Wildman–Crippen MR) is 68.3 cm³/mol. The second-order valence-corrected chi connectivity index (χ2v) is 4.45. The van der Waals surface area contributed by atoms with Gasteiger partial charge < -0.3 is 4.74 Å². The Labute approximate surface area is 126 Å². The lowest BCUT2D eigenvalue weighted by atomic mass is 9.97. The minimum atomic E-state index is -4.93. The fourth-order valence-corrected chi connectivity index (χ4v) is 1.92. The van der Waals surface area contributed by atoms with Crippen LogP contribution >= 0.6 is 0 Å². The van der Waals surface area contributed by atoms with Crippen molar-refractivity contribution >= 4 is 0 Å². The third-order valence-corrected chi connectivity index (χ3v) is 2.85. The molecule has 0 spiro atoms. The van der Waals surface area contributed by atoms with E-state index in [1.807, 2.05) is 0 Å². The van der Waals surface area contributed by atoms with Crippen LogP contribution in [0.3, 0.4) is 0 Å². The zero-order chi connectivity index (χ0) is 17.3. The number of benzene rings is 2. The van der Waals surface area contributed by atoms with Crippen LogP contribution in [-0.4, -0.2) is 6.36 Å². The first-order valence-electron chi connectivity index (χ1n) is 6.08. The van der Waals surface area contributed by atoms with Crippen LogP contribution in [-0.2, 0) is 6.18 Å². The van der Waals surface area contributed by atoms with E-state index in [0.29, 0.717) is 6.07 Å². The molecule has 0 fully saturated rings. The lowest BCUT2D eigenvalue weighted by molar-refractivity contribution is -0.274. The molecule has 0 aliphatic carbocycles. The summed E-state index contributed by atoms with van der Waals surface area (Å²) in [5.41, 5.74) is -1.22. The Balaban J connectivity index is 2.53. The van der Waals surface area contributed by atoms with Crippen LogP contribution in [0, 0.1) is 11.3 Å². The van der Waals surface area contributed by atoms with Gasteiger partial charge in [-0.2, -0.15) is 18.4 Å². The monoisotopic (exact) mass is 331 g/mol. The summed E-state index contributed by atoms with van der Waals surface area (Å²) in [6.07, 6.45) is -9.56. The first kappa shape index (κ1) is 16.7. The summed E-state index contributed by atoms with van der Waals surface area (Å²) in [5, 5.41) is 8.99. The van der Waals surface area contributed by atoms with Crippen molar-refractivity contribution in [2.45, 2.75) is 12.5 Å². The van der Waals surface area contributed by atoms with Gasteiger partial charge in [0.2, 0.25) is 0 Å². The molecule has 0 aliphatic rings. The molecule has 0 radical (unpaired) electrons. The Kier molecular flexibility index (Phi) is 4.23. The molecule has 0 saturated carbocycles. The summed E-state index contributed by atoms with van der Waals surface area (Å²) in [6.45, 7) is 0. The quantitative estimate of drug-likeness (QED) is 0.714. The van der Waals surface area contributed by atoms with E-state index >= 15 is 0 Å². The van der Waals surface area contributed by atoms with Gasteiger partial charge in [-0.05, 0) is 35.9 Å². The van der Waals surface area contributed by atoms with Gasteiger partial charge >= 0.3 is 12.5 Å². The molecule has 8 heteroatoms. The van der Waals surface area contributed by atoms with Crippen LogP contribution < -0.4 is 4.74 Å². The normalized spacial score (nSPS) is 11.9. The molecule has 0 bridgehead atoms. The minimum Gasteiger partial charge on any atom is -0.406 e. The highest BCUT2D eigenvalue weighted by atomic mass is 19.4. The Bertz CT molecular complexity index is 758. The largest absolute Gasteiger partial charge is 0.573 e. The average molecular weight is 331 g/mol. The van der Waals surface area contributed by atoms with Gasteiger partial charge in [0, 0.05) is 5.56 Å². The first-order chi connectivity index (χ1) is 10.6. The topological polar surface area (TPSA) is 33.0 Å². The summed E-state index contributed by atoms with van der Waals surface area (Å²) < 4.78 is 78.7. The SMILES string of the molecule is N#Cc1ccc(C(F)(F)F)cc1-c1cccc(OC(F)(F)F)c1. The van der Waals surface area contributed by atoms with E-state index < -0.39 is 23.9 Å². The van der Waals surface area contributed by atoms with E-state index in [-0.39, 0.29) is 16.7 Å². The highest BCUT2D eigenvalue weighted by Crippen LogP contribution is 2.35. The van der Waals surface area contributed by atoms with Gasteiger partial charge in [0.05, 0.1) is 17.2 Å². The van der Waals surface area contributed by atoms with Crippen molar-refractivity contribution in [3.8, 4) is 22.9 Å². The standard InChI is InChI=1S/C15H7F6NO/c16-14(17,18)11-5-4-10(8-22)13(7-11)9-2-1-3-12(6-9)23-15(19,20)21/h1-7H. The van der Waals surface area contributed by atoms with E-state index in [1.54, 1.807) is 6.07 Å². The van der Waals surface area contributed by atoms with Crippen LogP contribution in [0.25, 0.3) is 11.1 Å².